The Hall–Kier alpha value is -0.970. The Morgan fingerprint density at radius 3 is 2.92 bits per heavy atom. The fraction of sp³-hybridized carbons (Fsp3) is 0.143. The molecule has 5 heteroatoms. The third-order valence-electron chi connectivity index (χ3n) is 1.23. The summed E-state index contributed by atoms with van der Waals surface area (Å²) in [4.78, 5) is 14.1. The summed E-state index contributed by atoms with van der Waals surface area (Å²) in [6, 6.07) is 1.24. The van der Waals surface area contributed by atoms with Crippen LogP contribution in [0.3, 0.4) is 0 Å². The van der Waals surface area contributed by atoms with Gasteiger partial charge in [0.25, 0.3) is 0 Å². The molecule has 1 rings (SSSR count). The molecule has 0 aliphatic heterocycles. The number of carbonyl (C=O) groups is 1. The van der Waals surface area contributed by atoms with Crippen LogP contribution in [-0.2, 0) is 11.2 Å². The molecule has 0 unspecified atom stereocenters. The van der Waals surface area contributed by atoms with Gasteiger partial charge in [0.15, 0.2) is 0 Å². The van der Waals surface area contributed by atoms with Gasteiger partial charge < -0.3 is 5.73 Å². The second-order valence-electron chi connectivity index (χ2n) is 2.23. The quantitative estimate of drug-likeness (QED) is 0.828. The summed E-state index contributed by atoms with van der Waals surface area (Å²) >= 11 is 3.04. The van der Waals surface area contributed by atoms with Crippen molar-refractivity contribution in [2.75, 3.05) is 0 Å². The number of hydrogen-bond donors (Lipinski definition) is 1. The highest BCUT2D eigenvalue weighted by Gasteiger charge is 2.06. The van der Waals surface area contributed by atoms with E-state index in [0.717, 1.165) is 0 Å². The summed E-state index contributed by atoms with van der Waals surface area (Å²) in [7, 11) is 0. The standard InChI is InChI=1S/C7H6BrFN2O/c8-4-1-5(9)6(11-3-4)2-7(10)12/h1,3H,2H2,(H2,10,12). The number of amides is 1. The molecular weight excluding hydrogens is 227 g/mol. The summed E-state index contributed by atoms with van der Waals surface area (Å²) in [5, 5.41) is 0. The van der Waals surface area contributed by atoms with E-state index >= 15 is 0 Å². The molecule has 1 heterocycles. The van der Waals surface area contributed by atoms with Gasteiger partial charge in [-0.1, -0.05) is 0 Å². The molecule has 0 saturated heterocycles. The first-order chi connectivity index (χ1) is 5.59. The number of primary amides is 1. The lowest BCUT2D eigenvalue weighted by Crippen LogP contribution is -2.15. The van der Waals surface area contributed by atoms with Gasteiger partial charge in [-0.25, -0.2) is 4.39 Å². The maximum absolute atomic E-state index is 12.9. The maximum atomic E-state index is 12.9. The number of halogens is 2. The summed E-state index contributed by atoms with van der Waals surface area (Å²) in [5.41, 5.74) is 4.95. The van der Waals surface area contributed by atoms with Crippen molar-refractivity contribution in [1.29, 1.82) is 0 Å². The van der Waals surface area contributed by atoms with Gasteiger partial charge in [-0.05, 0) is 22.0 Å². The van der Waals surface area contributed by atoms with Gasteiger partial charge in [0.1, 0.15) is 5.82 Å². The van der Waals surface area contributed by atoms with Crippen LogP contribution >= 0.6 is 15.9 Å². The molecule has 1 amide bonds. The van der Waals surface area contributed by atoms with E-state index in [1.165, 1.54) is 12.3 Å². The minimum Gasteiger partial charge on any atom is -0.369 e. The Morgan fingerprint density at radius 2 is 2.42 bits per heavy atom. The molecule has 64 valence electrons. The molecule has 3 nitrogen and oxygen atoms in total. The summed E-state index contributed by atoms with van der Waals surface area (Å²) in [6.07, 6.45) is 1.25. The predicted octanol–water partition coefficient (Wildman–Crippen LogP) is 1.01. The van der Waals surface area contributed by atoms with E-state index in [1.54, 1.807) is 0 Å². The van der Waals surface area contributed by atoms with Crippen LogP contribution in [0.1, 0.15) is 5.69 Å². The molecule has 0 aliphatic carbocycles. The van der Waals surface area contributed by atoms with Crippen molar-refractivity contribution in [2.45, 2.75) is 6.42 Å². The van der Waals surface area contributed by atoms with Crippen molar-refractivity contribution < 1.29 is 9.18 Å². The van der Waals surface area contributed by atoms with Gasteiger partial charge in [-0.15, -0.1) is 0 Å². The third kappa shape index (κ3) is 2.27. The smallest absolute Gasteiger partial charge is 0.223 e. The second-order valence-corrected chi connectivity index (χ2v) is 3.14. The first-order valence-electron chi connectivity index (χ1n) is 3.18. The fourth-order valence-corrected chi connectivity index (χ4v) is 1.04. The first kappa shape index (κ1) is 9.12. The molecule has 0 aliphatic rings. The van der Waals surface area contributed by atoms with E-state index in [4.69, 9.17) is 5.73 Å². The number of carbonyl (C=O) groups excluding carboxylic acids is 1. The molecule has 2 N–H and O–H groups in total. The Morgan fingerprint density at radius 1 is 1.75 bits per heavy atom. The van der Waals surface area contributed by atoms with E-state index in [2.05, 4.69) is 20.9 Å². The van der Waals surface area contributed by atoms with Crippen LogP contribution in [0.4, 0.5) is 4.39 Å². The molecule has 1 aromatic rings. The number of rotatable bonds is 2. The van der Waals surface area contributed by atoms with Crippen molar-refractivity contribution in [3.63, 3.8) is 0 Å². The lowest BCUT2D eigenvalue weighted by atomic mass is 10.2. The number of nitrogens with zero attached hydrogens (tertiary/aromatic N) is 1. The number of aromatic nitrogens is 1. The van der Waals surface area contributed by atoms with E-state index in [0.29, 0.717) is 4.47 Å². The van der Waals surface area contributed by atoms with Crippen molar-refractivity contribution in [1.82, 2.24) is 4.98 Å². The average molecular weight is 233 g/mol. The van der Waals surface area contributed by atoms with Crippen LogP contribution in [0, 0.1) is 5.82 Å². The lowest BCUT2D eigenvalue weighted by molar-refractivity contribution is -0.117. The van der Waals surface area contributed by atoms with E-state index in [9.17, 15) is 9.18 Å². The first-order valence-corrected chi connectivity index (χ1v) is 3.97. The van der Waals surface area contributed by atoms with Gasteiger partial charge >= 0.3 is 0 Å². The van der Waals surface area contributed by atoms with Crippen molar-refractivity contribution in [3.05, 3.63) is 28.2 Å². The van der Waals surface area contributed by atoms with Gasteiger partial charge in [0.2, 0.25) is 5.91 Å². The Bertz CT molecular complexity index is 316. The highest BCUT2D eigenvalue weighted by atomic mass is 79.9. The molecule has 1 aromatic heterocycles. The number of nitrogens with two attached hydrogens (primary N) is 1. The van der Waals surface area contributed by atoms with Crippen molar-refractivity contribution in [2.24, 2.45) is 5.73 Å². The highest BCUT2D eigenvalue weighted by Crippen LogP contribution is 2.12. The minimum absolute atomic E-state index is 0.0747. The SMILES string of the molecule is NC(=O)Cc1ncc(Br)cc1F. The molecule has 0 aromatic carbocycles. The average Bonchev–Trinajstić information content (AvgIpc) is 1.94. The molecule has 12 heavy (non-hydrogen) atoms. The van der Waals surface area contributed by atoms with E-state index in [-0.39, 0.29) is 12.1 Å². The highest BCUT2D eigenvalue weighted by molar-refractivity contribution is 9.10. The molecule has 0 bridgehead atoms. The molecule has 0 radical (unpaired) electrons. The monoisotopic (exact) mass is 232 g/mol. The topological polar surface area (TPSA) is 56.0 Å². The second kappa shape index (κ2) is 3.62. The van der Waals surface area contributed by atoms with Crippen LogP contribution in [0.25, 0.3) is 0 Å². The zero-order valence-corrected chi connectivity index (χ0v) is 7.64. The normalized spacial score (nSPS) is 9.83. The van der Waals surface area contributed by atoms with Crippen LogP contribution < -0.4 is 5.73 Å². The minimum atomic E-state index is -0.594. The fourth-order valence-electron chi connectivity index (χ4n) is 0.738. The van der Waals surface area contributed by atoms with Gasteiger partial charge in [-0.3, -0.25) is 9.78 Å². The van der Waals surface area contributed by atoms with Gasteiger partial charge in [0.05, 0.1) is 12.1 Å². The summed E-state index contributed by atoms with van der Waals surface area (Å²) in [6.45, 7) is 0. The number of hydrogen-bond acceptors (Lipinski definition) is 2. The van der Waals surface area contributed by atoms with Crippen molar-refractivity contribution in [3.8, 4) is 0 Å². The third-order valence-corrected chi connectivity index (χ3v) is 1.66. The maximum Gasteiger partial charge on any atom is 0.223 e. The number of pyridine rings is 1. The van der Waals surface area contributed by atoms with Crippen LogP contribution in [0.15, 0.2) is 16.7 Å². The van der Waals surface area contributed by atoms with E-state index < -0.39 is 11.7 Å². The van der Waals surface area contributed by atoms with Crippen molar-refractivity contribution >= 4 is 21.8 Å². The van der Waals surface area contributed by atoms with E-state index in [1.807, 2.05) is 0 Å². The Labute approximate surface area is 76.9 Å². The Balaban J connectivity index is 2.93. The Kier molecular flexibility index (Phi) is 2.75. The van der Waals surface area contributed by atoms with Crippen LogP contribution in [0.2, 0.25) is 0 Å². The molecule has 0 atom stereocenters. The summed E-state index contributed by atoms with van der Waals surface area (Å²) < 4.78 is 13.4. The zero-order chi connectivity index (χ0) is 9.14. The van der Waals surface area contributed by atoms with Crippen LogP contribution in [0.5, 0.6) is 0 Å². The van der Waals surface area contributed by atoms with Gasteiger partial charge in [-0.2, -0.15) is 0 Å². The lowest BCUT2D eigenvalue weighted by Gasteiger charge is -1.98. The predicted molar refractivity (Wildman–Crippen MR) is 44.8 cm³/mol. The molecule has 0 spiro atoms. The molecule has 0 saturated carbocycles. The largest absolute Gasteiger partial charge is 0.369 e. The molecule has 0 fully saturated rings. The van der Waals surface area contributed by atoms with Gasteiger partial charge in [0, 0.05) is 10.7 Å². The zero-order valence-electron chi connectivity index (χ0n) is 6.05. The molecular formula is C7H6BrFN2O. The van der Waals surface area contributed by atoms with Crippen LogP contribution in [-0.4, -0.2) is 10.9 Å². The summed E-state index contributed by atoms with van der Waals surface area (Å²) in [5.74, 6) is -1.12.